The molecule has 1 saturated heterocycles. The number of aromatic nitrogens is 2. The molecule has 5 nitrogen and oxygen atoms in total. The van der Waals surface area contributed by atoms with E-state index < -0.39 is 0 Å². The molecule has 0 bridgehead atoms. The first-order valence-electron chi connectivity index (χ1n) is 7.79. The molecule has 2 aromatic rings. The molecule has 1 aliphatic rings. The van der Waals surface area contributed by atoms with Crippen LogP contribution in [0.5, 0.6) is 0 Å². The molecule has 1 unspecified atom stereocenters. The van der Waals surface area contributed by atoms with Crippen LogP contribution in [-0.4, -0.2) is 34.2 Å². The molecule has 0 aliphatic carbocycles. The summed E-state index contributed by atoms with van der Waals surface area (Å²) in [6.45, 7) is 2.53. The van der Waals surface area contributed by atoms with Crippen molar-refractivity contribution in [1.29, 1.82) is 0 Å². The Labute approximate surface area is 139 Å². The van der Waals surface area contributed by atoms with E-state index >= 15 is 0 Å². The van der Waals surface area contributed by atoms with E-state index in [1.807, 2.05) is 24.3 Å². The zero-order valence-corrected chi connectivity index (χ0v) is 14.1. The molecule has 1 atom stereocenters. The standard InChI is InChI=1S/C16H21BrN4O/c17-13-5-3-4-12(10-13)16-19-15(22-20-16)11-21-9-2-1-6-14(21)7-8-18/h3-5,10,14H,1-2,6-9,11,18H2. The van der Waals surface area contributed by atoms with Crippen LogP contribution in [0.4, 0.5) is 0 Å². The molecule has 6 heteroatoms. The first-order chi connectivity index (χ1) is 10.8. The van der Waals surface area contributed by atoms with Crippen LogP contribution in [0.25, 0.3) is 11.4 Å². The maximum atomic E-state index is 5.73. The van der Waals surface area contributed by atoms with Crippen LogP contribution in [0.2, 0.25) is 0 Å². The monoisotopic (exact) mass is 364 g/mol. The van der Waals surface area contributed by atoms with Crippen molar-refractivity contribution in [3.63, 3.8) is 0 Å². The molecular formula is C16H21BrN4O. The molecule has 0 spiro atoms. The minimum Gasteiger partial charge on any atom is -0.338 e. The highest BCUT2D eigenvalue weighted by Gasteiger charge is 2.23. The average molecular weight is 365 g/mol. The summed E-state index contributed by atoms with van der Waals surface area (Å²) in [7, 11) is 0. The summed E-state index contributed by atoms with van der Waals surface area (Å²) in [6, 6.07) is 8.47. The van der Waals surface area contributed by atoms with Crippen molar-refractivity contribution in [2.24, 2.45) is 5.73 Å². The third-order valence-corrected chi connectivity index (χ3v) is 4.63. The predicted molar refractivity (Wildman–Crippen MR) is 89.2 cm³/mol. The van der Waals surface area contributed by atoms with Crippen molar-refractivity contribution >= 4 is 15.9 Å². The van der Waals surface area contributed by atoms with Gasteiger partial charge in [-0.05, 0) is 44.5 Å². The summed E-state index contributed by atoms with van der Waals surface area (Å²) in [5.74, 6) is 1.32. The van der Waals surface area contributed by atoms with Crippen LogP contribution >= 0.6 is 15.9 Å². The second-order valence-electron chi connectivity index (χ2n) is 5.72. The van der Waals surface area contributed by atoms with Gasteiger partial charge < -0.3 is 10.3 Å². The second-order valence-corrected chi connectivity index (χ2v) is 6.64. The fraction of sp³-hybridized carbons (Fsp3) is 0.500. The average Bonchev–Trinajstić information content (AvgIpc) is 2.98. The van der Waals surface area contributed by atoms with Gasteiger partial charge in [-0.2, -0.15) is 4.98 Å². The van der Waals surface area contributed by atoms with E-state index in [1.54, 1.807) is 0 Å². The molecule has 0 saturated carbocycles. The highest BCUT2D eigenvalue weighted by molar-refractivity contribution is 9.10. The van der Waals surface area contributed by atoms with E-state index in [0.717, 1.165) is 29.5 Å². The summed E-state index contributed by atoms with van der Waals surface area (Å²) in [4.78, 5) is 6.96. The fourth-order valence-corrected chi connectivity index (χ4v) is 3.42. The van der Waals surface area contributed by atoms with E-state index in [-0.39, 0.29) is 0 Å². The Bertz CT molecular complexity index is 614. The number of nitrogens with zero attached hydrogens (tertiary/aromatic N) is 3. The molecule has 118 valence electrons. The highest BCUT2D eigenvalue weighted by atomic mass is 79.9. The lowest BCUT2D eigenvalue weighted by atomic mass is 9.99. The molecule has 0 amide bonds. The Morgan fingerprint density at radius 1 is 1.36 bits per heavy atom. The van der Waals surface area contributed by atoms with E-state index in [2.05, 4.69) is 31.0 Å². The van der Waals surface area contributed by atoms with Gasteiger partial charge in [-0.25, -0.2) is 0 Å². The normalized spacial score (nSPS) is 19.5. The van der Waals surface area contributed by atoms with Crippen molar-refractivity contribution < 1.29 is 4.52 Å². The molecule has 1 aliphatic heterocycles. The number of benzene rings is 1. The summed E-state index contributed by atoms with van der Waals surface area (Å²) in [5.41, 5.74) is 6.69. The molecule has 1 fully saturated rings. The Kier molecular flexibility index (Phi) is 5.23. The van der Waals surface area contributed by atoms with Gasteiger partial charge in [0.1, 0.15) is 0 Å². The highest BCUT2D eigenvalue weighted by Crippen LogP contribution is 2.23. The summed E-state index contributed by atoms with van der Waals surface area (Å²) >= 11 is 3.46. The fourth-order valence-electron chi connectivity index (χ4n) is 3.03. The topological polar surface area (TPSA) is 68.2 Å². The lowest BCUT2D eigenvalue weighted by Gasteiger charge is -2.34. The van der Waals surface area contributed by atoms with Gasteiger partial charge in [0.25, 0.3) is 0 Å². The molecule has 3 rings (SSSR count). The van der Waals surface area contributed by atoms with Gasteiger partial charge in [0, 0.05) is 16.1 Å². The second kappa shape index (κ2) is 7.35. The quantitative estimate of drug-likeness (QED) is 0.881. The first kappa shape index (κ1) is 15.6. The van der Waals surface area contributed by atoms with E-state index in [4.69, 9.17) is 10.3 Å². The van der Waals surface area contributed by atoms with Crippen LogP contribution in [0, 0.1) is 0 Å². The zero-order valence-electron chi connectivity index (χ0n) is 12.5. The van der Waals surface area contributed by atoms with Gasteiger partial charge >= 0.3 is 0 Å². The van der Waals surface area contributed by atoms with Gasteiger partial charge in [0.15, 0.2) is 0 Å². The lowest BCUT2D eigenvalue weighted by Crippen LogP contribution is -2.40. The third kappa shape index (κ3) is 3.74. The summed E-state index contributed by atoms with van der Waals surface area (Å²) in [6.07, 6.45) is 4.76. The van der Waals surface area contributed by atoms with E-state index in [9.17, 15) is 0 Å². The minimum absolute atomic E-state index is 0.542. The van der Waals surface area contributed by atoms with Gasteiger partial charge in [-0.1, -0.05) is 39.6 Å². The van der Waals surface area contributed by atoms with Crippen LogP contribution in [0.15, 0.2) is 33.3 Å². The van der Waals surface area contributed by atoms with Crippen molar-refractivity contribution in [3.8, 4) is 11.4 Å². The lowest BCUT2D eigenvalue weighted by molar-refractivity contribution is 0.118. The molecular weight excluding hydrogens is 344 g/mol. The first-order valence-corrected chi connectivity index (χ1v) is 8.58. The molecule has 1 aromatic heterocycles. The van der Waals surface area contributed by atoms with Gasteiger partial charge in [-0.3, -0.25) is 4.90 Å². The largest absolute Gasteiger partial charge is 0.338 e. The van der Waals surface area contributed by atoms with Crippen molar-refractivity contribution in [2.75, 3.05) is 13.1 Å². The Morgan fingerprint density at radius 2 is 2.27 bits per heavy atom. The number of nitrogens with two attached hydrogens (primary N) is 1. The number of hydrogen-bond donors (Lipinski definition) is 1. The maximum absolute atomic E-state index is 5.73. The third-order valence-electron chi connectivity index (χ3n) is 4.14. The number of hydrogen-bond acceptors (Lipinski definition) is 5. The number of likely N-dealkylation sites (tertiary alicyclic amines) is 1. The SMILES string of the molecule is NCCC1CCCCN1Cc1nc(-c2cccc(Br)c2)no1. The predicted octanol–water partition coefficient (Wildman–Crippen LogP) is 3.20. The van der Waals surface area contributed by atoms with Crippen LogP contribution in [-0.2, 0) is 6.54 Å². The van der Waals surface area contributed by atoms with Crippen LogP contribution in [0.1, 0.15) is 31.6 Å². The molecule has 2 N–H and O–H groups in total. The van der Waals surface area contributed by atoms with Gasteiger partial charge in [0.05, 0.1) is 6.54 Å². The Hall–Kier alpha value is -1.24. The summed E-state index contributed by atoms with van der Waals surface area (Å²) in [5, 5.41) is 4.11. The minimum atomic E-state index is 0.542. The molecule has 2 heterocycles. The van der Waals surface area contributed by atoms with Crippen LogP contribution < -0.4 is 5.73 Å². The molecule has 1 aromatic carbocycles. The van der Waals surface area contributed by atoms with Crippen molar-refractivity contribution in [1.82, 2.24) is 15.0 Å². The Balaban J connectivity index is 1.71. The zero-order chi connectivity index (χ0) is 15.4. The van der Waals surface area contributed by atoms with Crippen LogP contribution in [0.3, 0.4) is 0 Å². The van der Waals surface area contributed by atoms with Crippen molar-refractivity contribution in [2.45, 2.75) is 38.3 Å². The van der Waals surface area contributed by atoms with Crippen molar-refractivity contribution in [3.05, 3.63) is 34.6 Å². The van der Waals surface area contributed by atoms with E-state index in [1.165, 1.54) is 19.3 Å². The number of halogens is 1. The molecule has 22 heavy (non-hydrogen) atoms. The summed E-state index contributed by atoms with van der Waals surface area (Å²) < 4.78 is 6.45. The smallest absolute Gasteiger partial charge is 0.241 e. The number of piperidine rings is 1. The van der Waals surface area contributed by atoms with Gasteiger partial charge in [0.2, 0.25) is 11.7 Å². The Morgan fingerprint density at radius 3 is 3.09 bits per heavy atom. The number of rotatable bonds is 5. The maximum Gasteiger partial charge on any atom is 0.241 e. The molecule has 0 radical (unpaired) electrons. The van der Waals surface area contributed by atoms with Gasteiger partial charge in [-0.15, -0.1) is 0 Å². The van der Waals surface area contributed by atoms with E-state index in [0.29, 0.717) is 24.3 Å².